The minimum atomic E-state index is -0.0300. The van der Waals surface area contributed by atoms with Crippen LogP contribution in [0.4, 0.5) is 0 Å². The summed E-state index contributed by atoms with van der Waals surface area (Å²) in [6.07, 6.45) is 2.53. The molecule has 0 saturated heterocycles. The van der Waals surface area contributed by atoms with E-state index in [1.165, 1.54) is 5.01 Å². The maximum atomic E-state index is 12.0. The van der Waals surface area contributed by atoms with Crippen molar-refractivity contribution < 1.29 is 9.59 Å². The Bertz CT molecular complexity index is 597. The van der Waals surface area contributed by atoms with Gasteiger partial charge in [-0.3, -0.25) is 20.0 Å². The van der Waals surface area contributed by atoms with Gasteiger partial charge in [0.25, 0.3) is 0 Å². The largest absolute Gasteiger partial charge is 0.355 e. The van der Waals surface area contributed by atoms with Crippen molar-refractivity contribution in [2.24, 2.45) is 0 Å². The van der Waals surface area contributed by atoms with Crippen molar-refractivity contribution in [3.63, 3.8) is 0 Å². The van der Waals surface area contributed by atoms with E-state index in [1.807, 2.05) is 36.4 Å². The molecule has 1 aliphatic heterocycles. The van der Waals surface area contributed by atoms with Gasteiger partial charge in [0, 0.05) is 25.9 Å². The van der Waals surface area contributed by atoms with Crippen molar-refractivity contribution in [1.82, 2.24) is 20.7 Å². The first kappa shape index (κ1) is 19.0. The maximum absolute atomic E-state index is 12.0. The highest BCUT2D eigenvalue weighted by Crippen LogP contribution is 2.16. The number of hydrazine groups is 1. The summed E-state index contributed by atoms with van der Waals surface area (Å²) in [5, 5.41) is 4.45. The molecule has 0 radical (unpaired) electrons. The van der Waals surface area contributed by atoms with Gasteiger partial charge < -0.3 is 10.2 Å². The summed E-state index contributed by atoms with van der Waals surface area (Å²) in [7, 11) is 0. The van der Waals surface area contributed by atoms with Crippen molar-refractivity contribution in [2.45, 2.75) is 26.7 Å². The van der Waals surface area contributed by atoms with Crippen molar-refractivity contribution in [3.8, 4) is 0 Å². The fraction of sp³-hybridized carbons (Fsp3) is 0.474. The molecule has 0 fully saturated rings. The maximum Gasteiger partial charge on any atom is 0.244 e. The number of likely N-dealkylation sites (N-methyl/N-ethyl adjacent to an activating group) is 1. The van der Waals surface area contributed by atoms with Crippen LogP contribution in [0, 0.1) is 0 Å². The first-order valence-corrected chi connectivity index (χ1v) is 8.95. The Kier molecular flexibility index (Phi) is 7.47. The zero-order valence-corrected chi connectivity index (χ0v) is 15.1. The summed E-state index contributed by atoms with van der Waals surface area (Å²) in [5.41, 5.74) is 5.06. The molecular formula is C19H28N4O2. The van der Waals surface area contributed by atoms with Crippen molar-refractivity contribution in [2.75, 3.05) is 32.7 Å². The van der Waals surface area contributed by atoms with Crippen LogP contribution in [-0.2, 0) is 9.59 Å². The highest BCUT2D eigenvalue weighted by atomic mass is 16.2. The van der Waals surface area contributed by atoms with Gasteiger partial charge in [-0.05, 0) is 24.7 Å². The van der Waals surface area contributed by atoms with Crippen molar-refractivity contribution in [1.29, 1.82) is 0 Å². The topological polar surface area (TPSA) is 64.7 Å². The highest BCUT2D eigenvalue weighted by Gasteiger charge is 2.20. The quantitative estimate of drug-likeness (QED) is 0.714. The van der Waals surface area contributed by atoms with Gasteiger partial charge in [-0.15, -0.1) is 0 Å². The molecule has 0 spiro atoms. The molecule has 136 valence electrons. The number of nitrogens with one attached hydrogen (secondary N) is 2. The average molecular weight is 344 g/mol. The second-order valence-electron chi connectivity index (χ2n) is 5.97. The van der Waals surface area contributed by atoms with Crippen LogP contribution >= 0.6 is 0 Å². The molecule has 0 aliphatic carbocycles. The second-order valence-corrected chi connectivity index (χ2v) is 5.97. The number of carbonyl (C=O) groups is 2. The lowest BCUT2D eigenvalue weighted by molar-refractivity contribution is -0.133. The second kappa shape index (κ2) is 9.84. The SMILES string of the molecule is CCN(CC)CCNC(=O)CCN1NC(c2ccccc2)=CCC1=O. The number of nitrogens with zero attached hydrogens (tertiary/aromatic N) is 2. The van der Waals surface area contributed by atoms with Crippen molar-refractivity contribution >= 4 is 17.5 Å². The van der Waals surface area contributed by atoms with Crippen LogP contribution in [0.1, 0.15) is 32.3 Å². The van der Waals surface area contributed by atoms with E-state index in [-0.39, 0.29) is 11.8 Å². The Hall–Kier alpha value is -2.34. The lowest BCUT2D eigenvalue weighted by Crippen LogP contribution is -2.46. The van der Waals surface area contributed by atoms with Crippen LogP contribution in [0.2, 0.25) is 0 Å². The van der Waals surface area contributed by atoms with E-state index in [2.05, 4.69) is 29.5 Å². The smallest absolute Gasteiger partial charge is 0.244 e. The number of rotatable bonds is 9. The zero-order valence-electron chi connectivity index (χ0n) is 15.1. The Balaban J connectivity index is 1.77. The minimum Gasteiger partial charge on any atom is -0.355 e. The molecule has 1 aliphatic rings. The number of carbonyl (C=O) groups excluding carboxylic acids is 2. The van der Waals surface area contributed by atoms with Crippen LogP contribution in [0.15, 0.2) is 36.4 Å². The standard InChI is InChI=1S/C19H28N4O2/c1-3-22(4-2)15-13-20-18(24)12-14-23-19(25)11-10-17(21-23)16-8-6-5-7-9-16/h5-10,21H,3-4,11-15H2,1-2H3,(H,20,24). The first-order valence-electron chi connectivity index (χ1n) is 8.95. The molecular weight excluding hydrogens is 316 g/mol. The molecule has 0 bridgehead atoms. The highest BCUT2D eigenvalue weighted by molar-refractivity contribution is 5.84. The summed E-state index contributed by atoms with van der Waals surface area (Å²) < 4.78 is 0. The van der Waals surface area contributed by atoms with Gasteiger partial charge in [-0.2, -0.15) is 0 Å². The van der Waals surface area contributed by atoms with E-state index in [0.29, 0.717) is 25.9 Å². The van der Waals surface area contributed by atoms with Crippen LogP contribution in [-0.4, -0.2) is 54.4 Å². The third-order valence-electron chi connectivity index (χ3n) is 4.33. The molecule has 0 aromatic heterocycles. The minimum absolute atomic E-state index is 0.0179. The normalized spacial score (nSPS) is 14.3. The van der Waals surface area contributed by atoms with Gasteiger partial charge in [-0.25, -0.2) is 0 Å². The van der Waals surface area contributed by atoms with E-state index < -0.39 is 0 Å². The summed E-state index contributed by atoms with van der Waals surface area (Å²) in [6, 6.07) is 9.86. The molecule has 2 amide bonds. The lowest BCUT2D eigenvalue weighted by atomic mass is 10.1. The van der Waals surface area contributed by atoms with Gasteiger partial charge in [0.05, 0.1) is 12.2 Å². The molecule has 2 rings (SSSR count). The summed E-state index contributed by atoms with van der Waals surface area (Å²) >= 11 is 0. The van der Waals surface area contributed by atoms with Crippen LogP contribution < -0.4 is 10.7 Å². The van der Waals surface area contributed by atoms with E-state index >= 15 is 0 Å². The molecule has 25 heavy (non-hydrogen) atoms. The fourth-order valence-corrected chi connectivity index (χ4v) is 2.73. The van der Waals surface area contributed by atoms with E-state index in [4.69, 9.17) is 0 Å². The third-order valence-corrected chi connectivity index (χ3v) is 4.33. The Morgan fingerprint density at radius 2 is 1.96 bits per heavy atom. The molecule has 0 atom stereocenters. The molecule has 0 unspecified atom stereocenters. The fourth-order valence-electron chi connectivity index (χ4n) is 2.73. The predicted octanol–water partition coefficient (Wildman–Crippen LogP) is 1.61. The number of amides is 2. The van der Waals surface area contributed by atoms with Gasteiger partial charge in [0.1, 0.15) is 0 Å². The molecule has 1 aromatic carbocycles. The molecule has 0 saturated carbocycles. The zero-order chi connectivity index (χ0) is 18.1. The first-order chi connectivity index (χ1) is 12.1. The van der Waals surface area contributed by atoms with Crippen LogP contribution in [0.5, 0.6) is 0 Å². The third kappa shape index (κ3) is 5.90. The summed E-state index contributed by atoms with van der Waals surface area (Å²) in [5.74, 6) is -0.0480. The summed E-state index contributed by atoms with van der Waals surface area (Å²) in [4.78, 5) is 26.3. The lowest BCUT2D eigenvalue weighted by Gasteiger charge is -2.29. The van der Waals surface area contributed by atoms with Crippen LogP contribution in [0.3, 0.4) is 0 Å². The molecule has 2 N–H and O–H groups in total. The molecule has 6 nitrogen and oxygen atoms in total. The van der Waals surface area contributed by atoms with Gasteiger partial charge in [0.2, 0.25) is 11.8 Å². The van der Waals surface area contributed by atoms with Crippen LogP contribution in [0.25, 0.3) is 5.70 Å². The van der Waals surface area contributed by atoms with Crippen molar-refractivity contribution in [3.05, 3.63) is 42.0 Å². The van der Waals surface area contributed by atoms with E-state index in [1.54, 1.807) is 0 Å². The van der Waals surface area contributed by atoms with Gasteiger partial charge >= 0.3 is 0 Å². The number of hydrogen-bond acceptors (Lipinski definition) is 4. The Morgan fingerprint density at radius 1 is 1.24 bits per heavy atom. The van der Waals surface area contributed by atoms with Gasteiger partial charge in [0.15, 0.2) is 0 Å². The molecule has 1 heterocycles. The van der Waals surface area contributed by atoms with E-state index in [0.717, 1.165) is 30.9 Å². The Morgan fingerprint density at radius 3 is 2.64 bits per heavy atom. The predicted molar refractivity (Wildman–Crippen MR) is 99.3 cm³/mol. The number of hydrogen-bond donors (Lipinski definition) is 2. The van der Waals surface area contributed by atoms with E-state index in [9.17, 15) is 9.59 Å². The molecule has 1 aromatic rings. The monoisotopic (exact) mass is 344 g/mol. The number of benzene rings is 1. The summed E-state index contributed by atoms with van der Waals surface area (Å²) in [6.45, 7) is 8.02. The Labute approximate surface area is 149 Å². The average Bonchev–Trinajstić information content (AvgIpc) is 2.65. The molecule has 6 heteroatoms. The van der Waals surface area contributed by atoms with Gasteiger partial charge in [-0.1, -0.05) is 44.2 Å².